The number of methoxy groups -OCH3 is 2. The molecule has 0 unspecified atom stereocenters. The van der Waals surface area contributed by atoms with Gasteiger partial charge in [-0.1, -0.05) is 11.8 Å². The first-order valence-electron chi connectivity index (χ1n) is 6.09. The molecule has 2 N–H and O–H groups in total. The first kappa shape index (κ1) is 15.2. The van der Waals surface area contributed by atoms with E-state index in [4.69, 9.17) is 14.6 Å². The van der Waals surface area contributed by atoms with Crippen LogP contribution in [-0.4, -0.2) is 45.7 Å². The topological polar surface area (TPSA) is 97.3 Å². The van der Waals surface area contributed by atoms with Gasteiger partial charge >= 0.3 is 5.97 Å². The van der Waals surface area contributed by atoms with Gasteiger partial charge in [0.1, 0.15) is 5.25 Å². The molecule has 0 spiro atoms. The molecule has 1 aromatic carbocycles. The lowest BCUT2D eigenvalue weighted by molar-refractivity contribution is -0.136. The van der Waals surface area contributed by atoms with Crippen LogP contribution < -0.4 is 9.47 Å². The summed E-state index contributed by atoms with van der Waals surface area (Å²) in [7, 11) is 3.12. The Hall–Kier alpha value is -2.22. The van der Waals surface area contributed by atoms with Gasteiger partial charge in [0.05, 0.1) is 14.2 Å². The summed E-state index contributed by atoms with van der Waals surface area (Å²) in [5, 5.41) is 15.4. The number of aromatic amines is 1. The van der Waals surface area contributed by atoms with E-state index in [1.165, 1.54) is 0 Å². The summed E-state index contributed by atoms with van der Waals surface area (Å²) < 4.78 is 10.4. The molecule has 0 amide bonds. The molecule has 2 rings (SSSR count). The van der Waals surface area contributed by atoms with Crippen molar-refractivity contribution < 1.29 is 19.4 Å². The van der Waals surface area contributed by atoms with Crippen LogP contribution in [0.25, 0.3) is 11.4 Å². The molecule has 7 nitrogen and oxygen atoms in total. The molecule has 0 bridgehead atoms. The second-order valence-electron chi connectivity index (χ2n) is 4.13. The SMILES string of the molecule is COc1ccc(-c2nc(S[C@@H](C)C(=O)O)n[nH]2)cc1OC. The molecular formula is C13H15N3O4S. The Balaban J connectivity index is 2.23. The minimum absolute atomic E-state index is 0.384. The van der Waals surface area contributed by atoms with Gasteiger partial charge in [-0.25, -0.2) is 4.98 Å². The van der Waals surface area contributed by atoms with Gasteiger partial charge in [0, 0.05) is 5.56 Å². The van der Waals surface area contributed by atoms with E-state index in [0.717, 1.165) is 17.3 Å². The lowest BCUT2D eigenvalue weighted by Gasteiger charge is -2.07. The molecule has 0 aliphatic heterocycles. The molecule has 2 aromatic rings. The third kappa shape index (κ3) is 3.46. The van der Waals surface area contributed by atoms with Crippen molar-refractivity contribution >= 4 is 17.7 Å². The van der Waals surface area contributed by atoms with Crippen molar-refractivity contribution in [2.24, 2.45) is 0 Å². The first-order chi connectivity index (χ1) is 10.0. The normalized spacial score (nSPS) is 12.0. The number of ether oxygens (including phenoxy) is 2. The summed E-state index contributed by atoms with van der Waals surface area (Å²) in [5.41, 5.74) is 0.773. The summed E-state index contributed by atoms with van der Waals surface area (Å²) in [5.74, 6) is 0.836. The van der Waals surface area contributed by atoms with Crippen LogP contribution in [0.4, 0.5) is 0 Å². The minimum Gasteiger partial charge on any atom is -0.493 e. The Morgan fingerprint density at radius 1 is 1.33 bits per heavy atom. The van der Waals surface area contributed by atoms with Crippen LogP contribution >= 0.6 is 11.8 Å². The quantitative estimate of drug-likeness (QED) is 0.788. The van der Waals surface area contributed by atoms with E-state index in [0.29, 0.717) is 22.5 Å². The number of nitrogens with zero attached hydrogens (tertiary/aromatic N) is 2. The fraction of sp³-hybridized carbons (Fsp3) is 0.308. The second kappa shape index (κ2) is 6.49. The number of rotatable bonds is 6. The van der Waals surface area contributed by atoms with Crippen LogP contribution in [0, 0.1) is 0 Å². The van der Waals surface area contributed by atoms with Crippen LogP contribution in [0.2, 0.25) is 0 Å². The van der Waals surface area contributed by atoms with E-state index in [2.05, 4.69) is 15.2 Å². The van der Waals surface area contributed by atoms with E-state index in [9.17, 15) is 4.79 Å². The number of H-pyrrole nitrogens is 1. The molecule has 1 heterocycles. The summed E-state index contributed by atoms with van der Waals surface area (Å²) >= 11 is 1.08. The van der Waals surface area contributed by atoms with Crippen LogP contribution in [0.3, 0.4) is 0 Å². The molecular weight excluding hydrogens is 294 g/mol. The third-order valence-electron chi connectivity index (χ3n) is 2.75. The standard InChI is InChI=1S/C13H15N3O4S/c1-7(12(17)18)21-13-14-11(15-16-13)8-4-5-9(19-2)10(6-8)20-3/h4-7H,1-3H3,(H,17,18)(H,14,15,16)/t7-/m0/s1. The maximum absolute atomic E-state index is 10.8. The highest BCUT2D eigenvalue weighted by Crippen LogP contribution is 2.31. The van der Waals surface area contributed by atoms with Crippen molar-refractivity contribution in [2.45, 2.75) is 17.3 Å². The molecule has 0 saturated carbocycles. The lowest BCUT2D eigenvalue weighted by Crippen LogP contribution is -2.11. The largest absolute Gasteiger partial charge is 0.493 e. The predicted molar refractivity (Wildman–Crippen MR) is 77.9 cm³/mol. The van der Waals surface area contributed by atoms with Gasteiger partial charge in [0.15, 0.2) is 17.3 Å². The number of hydrogen-bond acceptors (Lipinski definition) is 6. The molecule has 0 saturated heterocycles. The average molecular weight is 309 g/mol. The number of thioether (sulfide) groups is 1. The predicted octanol–water partition coefficient (Wildman–Crippen LogP) is 2.05. The van der Waals surface area contributed by atoms with Gasteiger partial charge in [-0.05, 0) is 25.1 Å². The summed E-state index contributed by atoms with van der Waals surface area (Å²) in [4.78, 5) is 15.1. The van der Waals surface area contributed by atoms with E-state index in [-0.39, 0.29) is 0 Å². The Morgan fingerprint density at radius 3 is 2.67 bits per heavy atom. The molecule has 112 valence electrons. The maximum Gasteiger partial charge on any atom is 0.316 e. The van der Waals surface area contributed by atoms with Crippen LogP contribution in [0.1, 0.15) is 6.92 Å². The Labute approximate surface area is 125 Å². The van der Waals surface area contributed by atoms with Crippen LogP contribution in [0.5, 0.6) is 11.5 Å². The number of aromatic nitrogens is 3. The van der Waals surface area contributed by atoms with Crippen molar-refractivity contribution in [3.05, 3.63) is 18.2 Å². The molecule has 8 heteroatoms. The van der Waals surface area contributed by atoms with Gasteiger partial charge in [0.2, 0.25) is 5.16 Å². The lowest BCUT2D eigenvalue weighted by atomic mass is 10.2. The van der Waals surface area contributed by atoms with Crippen molar-refractivity contribution in [3.63, 3.8) is 0 Å². The van der Waals surface area contributed by atoms with Gasteiger partial charge in [-0.3, -0.25) is 9.89 Å². The molecule has 1 aromatic heterocycles. The zero-order valence-electron chi connectivity index (χ0n) is 11.8. The number of carboxylic acid groups (broad SMARTS) is 1. The number of hydrogen-bond donors (Lipinski definition) is 2. The summed E-state index contributed by atoms with van der Waals surface area (Å²) in [6.45, 7) is 1.58. The minimum atomic E-state index is -0.905. The van der Waals surface area contributed by atoms with Gasteiger partial charge in [-0.2, -0.15) is 0 Å². The Kier molecular flexibility index (Phi) is 4.69. The molecule has 0 aliphatic rings. The molecule has 0 radical (unpaired) electrons. The van der Waals surface area contributed by atoms with E-state index in [1.54, 1.807) is 33.3 Å². The number of nitrogens with one attached hydrogen (secondary N) is 1. The number of benzene rings is 1. The summed E-state index contributed by atoms with van der Waals surface area (Å²) in [6, 6.07) is 5.36. The zero-order valence-corrected chi connectivity index (χ0v) is 12.6. The van der Waals surface area contributed by atoms with Gasteiger partial charge in [-0.15, -0.1) is 5.10 Å². The smallest absolute Gasteiger partial charge is 0.316 e. The molecule has 0 aliphatic carbocycles. The highest BCUT2D eigenvalue weighted by atomic mass is 32.2. The van der Waals surface area contributed by atoms with E-state index < -0.39 is 11.2 Å². The second-order valence-corrected chi connectivity index (χ2v) is 5.44. The Bertz CT molecular complexity index is 644. The number of carboxylic acids is 1. The van der Waals surface area contributed by atoms with Gasteiger partial charge in [0.25, 0.3) is 0 Å². The Morgan fingerprint density at radius 2 is 2.05 bits per heavy atom. The summed E-state index contributed by atoms with van der Waals surface area (Å²) in [6.07, 6.45) is 0. The number of aliphatic carboxylic acids is 1. The van der Waals surface area contributed by atoms with Crippen molar-refractivity contribution in [3.8, 4) is 22.9 Å². The van der Waals surface area contributed by atoms with Crippen molar-refractivity contribution in [2.75, 3.05) is 14.2 Å². The zero-order chi connectivity index (χ0) is 15.4. The molecule has 0 fully saturated rings. The molecule has 1 atom stereocenters. The fourth-order valence-corrected chi connectivity index (χ4v) is 2.28. The van der Waals surface area contributed by atoms with E-state index >= 15 is 0 Å². The van der Waals surface area contributed by atoms with Crippen LogP contribution in [0.15, 0.2) is 23.4 Å². The van der Waals surface area contributed by atoms with E-state index in [1.807, 2.05) is 6.07 Å². The van der Waals surface area contributed by atoms with Crippen LogP contribution in [-0.2, 0) is 4.79 Å². The fourth-order valence-electron chi connectivity index (χ4n) is 1.62. The molecule has 21 heavy (non-hydrogen) atoms. The highest BCUT2D eigenvalue weighted by Gasteiger charge is 2.16. The average Bonchev–Trinajstić information content (AvgIpc) is 2.94. The number of carbonyl (C=O) groups is 1. The van der Waals surface area contributed by atoms with Crippen molar-refractivity contribution in [1.29, 1.82) is 0 Å². The maximum atomic E-state index is 10.8. The highest BCUT2D eigenvalue weighted by molar-refractivity contribution is 8.00. The monoisotopic (exact) mass is 309 g/mol. The third-order valence-corrected chi connectivity index (χ3v) is 3.70. The van der Waals surface area contributed by atoms with Gasteiger partial charge < -0.3 is 14.6 Å². The first-order valence-corrected chi connectivity index (χ1v) is 6.97. The van der Waals surface area contributed by atoms with Crippen molar-refractivity contribution in [1.82, 2.24) is 15.2 Å².